The minimum atomic E-state index is -3.45. The van der Waals surface area contributed by atoms with Crippen molar-refractivity contribution in [1.82, 2.24) is 14.6 Å². The number of nitrogens with zero attached hydrogens (tertiary/aromatic N) is 4. The quantitative estimate of drug-likeness (QED) is 0.703. The number of anilines is 1. The van der Waals surface area contributed by atoms with Crippen LogP contribution < -0.4 is 9.62 Å². The average Bonchev–Trinajstić information content (AvgIpc) is 3.61. The lowest BCUT2D eigenvalue weighted by molar-refractivity contribution is -0.131. The lowest BCUT2D eigenvalue weighted by atomic mass is 10.1. The third-order valence-corrected chi connectivity index (χ3v) is 7.14. The molecule has 1 aromatic heterocycles. The molecule has 1 aliphatic heterocycles. The summed E-state index contributed by atoms with van der Waals surface area (Å²) in [4.78, 5) is 21.1. The Morgan fingerprint density at radius 3 is 2.48 bits per heavy atom. The van der Waals surface area contributed by atoms with Crippen LogP contribution in [-0.4, -0.2) is 56.4 Å². The highest BCUT2D eigenvalue weighted by atomic mass is 32.2. The zero-order valence-electron chi connectivity index (χ0n) is 17.2. The molecule has 1 saturated carbocycles. The third kappa shape index (κ3) is 5.21. The molecule has 0 atom stereocenters. The first kappa shape index (κ1) is 21.3. The summed E-state index contributed by atoms with van der Waals surface area (Å²) in [5.74, 6) is 0.747. The van der Waals surface area contributed by atoms with Gasteiger partial charge in [0.15, 0.2) is 0 Å². The number of hydrogen-bond donors (Lipinski definition) is 1. The zero-order valence-corrected chi connectivity index (χ0v) is 18.0. The molecule has 2 aromatic rings. The van der Waals surface area contributed by atoms with E-state index in [0.717, 1.165) is 18.4 Å². The number of carbonyl (C=O) groups excluding carboxylic acids is 1. The molecule has 2 aliphatic rings. The molecule has 0 radical (unpaired) electrons. The highest BCUT2D eigenvalue weighted by molar-refractivity contribution is 7.89. The van der Waals surface area contributed by atoms with Gasteiger partial charge >= 0.3 is 0 Å². The minimum Gasteiger partial charge on any atom is -0.352 e. The second-order valence-electron chi connectivity index (χ2n) is 7.89. The lowest BCUT2D eigenvalue weighted by Gasteiger charge is -2.35. The topological polar surface area (TPSA) is 106 Å². The van der Waals surface area contributed by atoms with Crippen molar-refractivity contribution in [3.8, 4) is 6.07 Å². The summed E-state index contributed by atoms with van der Waals surface area (Å²) in [6.45, 7) is 2.45. The number of pyridine rings is 1. The van der Waals surface area contributed by atoms with Crippen molar-refractivity contribution in [3.63, 3.8) is 0 Å². The number of hydrogen-bond acceptors (Lipinski definition) is 6. The third-order valence-electron chi connectivity index (χ3n) is 5.60. The monoisotopic (exact) mass is 439 g/mol. The van der Waals surface area contributed by atoms with E-state index in [1.165, 1.54) is 0 Å². The summed E-state index contributed by atoms with van der Waals surface area (Å²) in [5.41, 5.74) is 1.48. The van der Waals surface area contributed by atoms with Gasteiger partial charge in [-0.15, -0.1) is 0 Å². The molecule has 2 fully saturated rings. The molecular formula is C22H25N5O3S. The molecule has 162 valence electrons. The predicted octanol–water partition coefficient (Wildman–Crippen LogP) is 1.68. The Bertz CT molecular complexity index is 1080. The Kier molecular flexibility index (Phi) is 6.20. The maximum atomic E-state index is 12.6. The van der Waals surface area contributed by atoms with E-state index in [0.29, 0.717) is 50.4 Å². The average molecular weight is 440 g/mol. The summed E-state index contributed by atoms with van der Waals surface area (Å²) >= 11 is 0. The maximum absolute atomic E-state index is 12.6. The van der Waals surface area contributed by atoms with Crippen LogP contribution in [0, 0.1) is 11.3 Å². The first-order valence-corrected chi connectivity index (χ1v) is 11.9. The fraction of sp³-hybridized carbons (Fsp3) is 0.409. The molecule has 1 amide bonds. The predicted molar refractivity (Wildman–Crippen MR) is 116 cm³/mol. The molecule has 31 heavy (non-hydrogen) atoms. The number of aromatic nitrogens is 1. The van der Waals surface area contributed by atoms with Crippen molar-refractivity contribution >= 4 is 21.7 Å². The van der Waals surface area contributed by atoms with E-state index < -0.39 is 10.0 Å². The molecule has 0 bridgehead atoms. The van der Waals surface area contributed by atoms with Gasteiger partial charge in [0, 0.05) is 44.8 Å². The number of aryl methyl sites for hydroxylation is 1. The van der Waals surface area contributed by atoms with Crippen LogP contribution >= 0.6 is 0 Å². The van der Waals surface area contributed by atoms with Crippen molar-refractivity contribution in [2.75, 3.05) is 31.1 Å². The van der Waals surface area contributed by atoms with Gasteiger partial charge in [0.1, 0.15) is 11.9 Å². The van der Waals surface area contributed by atoms with Crippen molar-refractivity contribution in [2.45, 2.75) is 36.6 Å². The smallest absolute Gasteiger partial charge is 0.240 e. The fourth-order valence-corrected chi connectivity index (χ4v) is 4.94. The SMILES string of the molecule is N#Cc1cccnc1N1CCN(C(=O)CCc2ccc(S(=O)(=O)NC3CC3)cc2)CC1. The standard InChI is InChI=1S/C22H25N5O3S/c23-16-18-2-1-11-24-22(18)27-14-12-26(13-15-27)21(28)10-5-17-3-8-20(9-4-17)31(29,30)25-19-6-7-19/h1-4,8-9,11,19,25H,5-7,10,12-15H2. The molecule has 1 aromatic carbocycles. The number of amides is 1. The van der Waals surface area contributed by atoms with Crippen molar-refractivity contribution in [1.29, 1.82) is 5.26 Å². The first-order valence-electron chi connectivity index (χ1n) is 10.5. The number of nitrogens with one attached hydrogen (secondary N) is 1. The van der Waals surface area contributed by atoms with Crippen LogP contribution in [-0.2, 0) is 21.2 Å². The van der Waals surface area contributed by atoms with Gasteiger partial charge in [-0.2, -0.15) is 5.26 Å². The van der Waals surface area contributed by atoms with Crippen molar-refractivity contribution in [2.24, 2.45) is 0 Å². The first-order chi connectivity index (χ1) is 15.0. The van der Waals surface area contributed by atoms with Crippen molar-refractivity contribution in [3.05, 3.63) is 53.7 Å². The molecule has 0 spiro atoms. The molecule has 2 heterocycles. The molecule has 8 nitrogen and oxygen atoms in total. The molecule has 4 rings (SSSR count). The van der Waals surface area contributed by atoms with Gasteiger partial charge in [0.25, 0.3) is 0 Å². The number of carbonyl (C=O) groups is 1. The largest absolute Gasteiger partial charge is 0.352 e. The Balaban J connectivity index is 1.27. The van der Waals surface area contributed by atoms with Crippen LogP contribution in [0.15, 0.2) is 47.5 Å². The molecular weight excluding hydrogens is 414 g/mol. The highest BCUT2D eigenvalue weighted by Gasteiger charge is 2.28. The van der Waals surface area contributed by atoms with Gasteiger partial charge < -0.3 is 9.80 Å². The molecule has 0 unspecified atom stereocenters. The van der Waals surface area contributed by atoms with Gasteiger partial charge in [-0.25, -0.2) is 18.1 Å². The summed E-state index contributed by atoms with van der Waals surface area (Å²) in [5, 5.41) is 9.25. The highest BCUT2D eigenvalue weighted by Crippen LogP contribution is 2.22. The normalized spacial score (nSPS) is 16.7. The molecule has 1 aliphatic carbocycles. The van der Waals surface area contributed by atoms with E-state index in [1.54, 1.807) is 42.6 Å². The van der Waals surface area contributed by atoms with Gasteiger partial charge in [-0.3, -0.25) is 4.79 Å². The number of piperazine rings is 1. The van der Waals surface area contributed by atoms with Crippen LogP contribution in [0.2, 0.25) is 0 Å². The maximum Gasteiger partial charge on any atom is 0.240 e. The minimum absolute atomic E-state index is 0.0759. The van der Waals surface area contributed by atoms with E-state index >= 15 is 0 Å². The second kappa shape index (κ2) is 9.04. The van der Waals surface area contributed by atoms with Crippen LogP contribution in [0.5, 0.6) is 0 Å². The Morgan fingerprint density at radius 1 is 1.13 bits per heavy atom. The van der Waals surface area contributed by atoms with Gasteiger partial charge in [-0.1, -0.05) is 12.1 Å². The number of rotatable bonds is 7. The second-order valence-corrected chi connectivity index (χ2v) is 9.61. The summed E-state index contributed by atoms with van der Waals surface area (Å²) < 4.78 is 27.1. The van der Waals surface area contributed by atoms with Crippen LogP contribution in [0.4, 0.5) is 5.82 Å². The summed E-state index contributed by atoms with van der Waals surface area (Å²) in [7, 11) is -3.45. The number of benzene rings is 1. The van der Waals surface area contributed by atoms with Crippen molar-refractivity contribution < 1.29 is 13.2 Å². The van der Waals surface area contributed by atoms with Gasteiger partial charge in [-0.05, 0) is 49.1 Å². The Hall–Kier alpha value is -2.96. The Morgan fingerprint density at radius 2 is 1.84 bits per heavy atom. The summed E-state index contributed by atoms with van der Waals surface area (Å²) in [6, 6.07) is 12.5. The fourth-order valence-electron chi connectivity index (χ4n) is 3.64. The van der Waals surface area contributed by atoms with Crippen LogP contribution in [0.1, 0.15) is 30.4 Å². The van der Waals surface area contributed by atoms with E-state index in [2.05, 4.69) is 15.8 Å². The van der Waals surface area contributed by atoms with E-state index in [1.807, 2.05) is 9.80 Å². The Labute approximate surface area is 182 Å². The van der Waals surface area contributed by atoms with E-state index in [-0.39, 0.29) is 16.8 Å². The molecule has 1 N–H and O–H groups in total. The summed E-state index contributed by atoms with van der Waals surface area (Å²) in [6.07, 6.45) is 4.41. The number of sulfonamides is 1. The van der Waals surface area contributed by atoms with E-state index in [4.69, 9.17) is 0 Å². The van der Waals surface area contributed by atoms with Gasteiger partial charge in [0.2, 0.25) is 15.9 Å². The van der Waals surface area contributed by atoms with Crippen LogP contribution in [0.25, 0.3) is 0 Å². The molecule has 1 saturated heterocycles. The molecule has 9 heteroatoms. The van der Waals surface area contributed by atoms with Crippen LogP contribution in [0.3, 0.4) is 0 Å². The van der Waals surface area contributed by atoms with E-state index in [9.17, 15) is 18.5 Å². The number of nitriles is 1. The lowest BCUT2D eigenvalue weighted by Crippen LogP contribution is -2.49. The zero-order chi connectivity index (χ0) is 21.8. The van der Waals surface area contributed by atoms with Gasteiger partial charge in [0.05, 0.1) is 10.5 Å².